The van der Waals surface area contributed by atoms with E-state index in [9.17, 15) is 9.90 Å². The molecule has 5 nitrogen and oxygen atoms in total. The summed E-state index contributed by atoms with van der Waals surface area (Å²) in [6.45, 7) is 1.33. The number of ether oxygens (including phenoxy) is 1. The third-order valence-electron chi connectivity index (χ3n) is 2.85. The highest BCUT2D eigenvalue weighted by atomic mass is 16.5. The van der Waals surface area contributed by atoms with E-state index in [0.29, 0.717) is 18.8 Å². The zero-order valence-electron chi connectivity index (χ0n) is 10.3. The van der Waals surface area contributed by atoms with E-state index in [1.807, 2.05) is 12.1 Å². The van der Waals surface area contributed by atoms with Crippen molar-refractivity contribution in [2.24, 2.45) is 0 Å². The van der Waals surface area contributed by atoms with Crippen molar-refractivity contribution in [2.75, 3.05) is 13.7 Å². The summed E-state index contributed by atoms with van der Waals surface area (Å²) in [6.07, 6.45) is 3.45. The zero-order chi connectivity index (χ0) is 13.0. The van der Waals surface area contributed by atoms with Crippen LogP contribution in [0.2, 0.25) is 0 Å². The number of nitrogens with zero attached hydrogens (tertiary/aromatic N) is 2. The van der Waals surface area contributed by atoms with Crippen molar-refractivity contribution in [3.63, 3.8) is 0 Å². The summed E-state index contributed by atoms with van der Waals surface area (Å²) in [5.74, 6) is -0.917. The summed E-state index contributed by atoms with van der Waals surface area (Å²) in [7, 11) is 1.66. The number of fused-ring (bicyclic) bond motifs is 1. The van der Waals surface area contributed by atoms with Crippen molar-refractivity contribution in [1.82, 2.24) is 9.55 Å². The molecule has 0 saturated heterocycles. The smallest absolute Gasteiger partial charge is 0.352 e. The van der Waals surface area contributed by atoms with Crippen LogP contribution >= 0.6 is 0 Å². The molecule has 18 heavy (non-hydrogen) atoms. The molecular formula is C13H16N2O3. The summed E-state index contributed by atoms with van der Waals surface area (Å²) >= 11 is 0. The highest BCUT2D eigenvalue weighted by Gasteiger charge is 2.14. The number of aromatic carboxylic acids is 1. The summed E-state index contributed by atoms with van der Waals surface area (Å²) in [5.41, 5.74) is 1.02. The maximum atomic E-state index is 11.2. The maximum absolute atomic E-state index is 11.2. The van der Waals surface area contributed by atoms with Gasteiger partial charge in [-0.05, 0) is 31.0 Å². The van der Waals surface area contributed by atoms with Gasteiger partial charge in [-0.2, -0.15) is 0 Å². The first-order chi connectivity index (χ1) is 8.74. The lowest BCUT2D eigenvalue weighted by Gasteiger charge is -2.07. The lowest BCUT2D eigenvalue weighted by molar-refractivity contribution is 0.0685. The van der Waals surface area contributed by atoms with Crippen LogP contribution in [0.5, 0.6) is 0 Å². The first-order valence-corrected chi connectivity index (χ1v) is 5.90. The molecule has 5 heteroatoms. The molecule has 0 atom stereocenters. The van der Waals surface area contributed by atoms with Gasteiger partial charge in [0.25, 0.3) is 0 Å². The van der Waals surface area contributed by atoms with Gasteiger partial charge < -0.3 is 14.4 Å². The Kier molecular flexibility index (Phi) is 3.94. The number of carbonyl (C=O) groups is 1. The lowest BCUT2D eigenvalue weighted by Crippen LogP contribution is -2.09. The van der Waals surface area contributed by atoms with Crippen molar-refractivity contribution in [3.8, 4) is 0 Å². The minimum absolute atomic E-state index is 0.293. The molecule has 0 aliphatic carbocycles. The highest BCUT2D eigenvalue weighted by Crippen LogP contribution is 2.18. The third-order valence-corrected chi connectivity index (χ3v) is 2.85. The molecule has 2 heterocycles. The molecule has 0 aromatic carbocycles. The quantitative estimate of drug-likeness (QED) is 0.796. The number of carboxylic acids is 1. The van der Waals surface area contributed by atoms with Crippen molar-refractivity contribution in [3.05, 3.63) is 30.1 Å². The van der Waals surface area contributed by atoms with E-state index < -0.39 is 5.97 Å². The Labute approximate surface area is 105 Å². The Morgan fingerprint density at radius 1 is 1.50 bits per heavy atom. The van der Waals surface area contributed by atoms with Crippen LogP contribution in [0.1, 0.15) is 23.3 Å². The number of hydrogen-bond donors (Lipinski definition) is 1. The lowest BCUT2D eigenvalue weighted by atomic mass is 10.3. The fourth-order valence-electron chi connectivity index (χ4n) is 2.01. The van der Waals surface area contributed by atoms with E-state index in [-0.39, 0.29) is 0 Å². The van der Waals surface area contributed by atoms with E-state index in [1.54, 1.807) is 23.9 Å². The number of methoxy groups -OCH3 is 1. The molecule has 1 N–H and O–H groups in total. The van der Waals surface area contributed by atoms with Crippen LogP contribution in [0.4, 0.5) is 0 Å². The van der Waals surface area contributed by atoms with Gasteiger partial charge in [0.05, 0.1) is 0 Å². The first kappa shape index (κ1) is 12.6. The Bertz CT molecular complexity index is 548. The number of pyridine rings is 1. The minimum Gasteiger partial charge on any atom is -0.477 e. The van der Waals surface area contributed by atoms with E-state index in [4.69, 9.17) is 4.74 Å². The minimum atomic E-state index is -0.917. The molecule has 0 spiro atoms. The zero-order valence-corrected chi connectivity index (χ0v) is 10.3. The van der Waals surface area contributed by atoms with Crippen LogP contribution in [0, 0.1) is 0 Å². The maximum Gasteiger partial charge on any atom is 0.352 e. The average Bonchev–Trinajstić information content (AvgIpc) is 2.74. The van der Waals surface area contributed by atoms with Crippen LogP contribution < -0.4 is 0 Å². The Morgan fingerprint density at radius 2 is 2.33 bits per heavy atom. The molecule has 0 bridgehead atoms. The Hall–Kier alpha value is -1.88. The van der Waals surface area contributed by atoms with Gasteiger partial charge in [0, 0.05) is 31.8 Å². The fourth-order valence-corrected chi connectivity index (χ4v) is 2.01. The van der Waals surface area contributed by atoms with Gasteiger partial charge in [-0.1, -0.05) is 0 Å². The number of rotatable bonds is 6. The molecule has 0 saturated carbocycles. The van der Waals surface area contributed by atoms with Crippen LogP contribution in [0.3, 0.4) is 0 Å². The van der Waals surface area contributed by atoms with Crippen LogP contribution in [0.15, 0.2) is 24.4 Å². The van der Waals surface area contributed by atoms with Gasteiger partial charge in [-0.3, -0.25) is 0 Å². The van der Waals surface area contributed by atoms with Crippen molar-refractivity contribution < 1.29 is 14.6 Å². The van der Waals surface area contributed by atoms with Gasteiger partial charge >= 0.3 is 5.97 Å². The predicted octanol–water partition coefficient (Wildman–Crippen LogP) is 2.16. The second-order valence-corrected chi connectivity index (χ2v) is 4.10. The standard InChI is InChI=1S/C13H16N2O3/c1-18-8-3-2-7-15-11(13(16)17)9-10-5-4-6-14-12(10)15/h4-6,9H,2-3,7-8H2,1H3,(H,16,17). The number of unbranched alkanes of at least 4 members (excludes halogenated alkanes) is 1. The number of hydrogen-bond acceptors (Lipinski definition) is 3. The van der Waals surface area contributed by atoms with Gasteiger partial charge in [0.1, 0.15) is 11.3 Å². The van der Waals surface area contributed by atoms with Crippen molar-refractivity contribution in [2.45, 2.75) is 19.4 Å². The van der Waals surface area contributed by atoms with Crippen LogP contribution in [0.25, 0.3) is 11.0 Å². The molecule has 0 unspecified atom stereocenters. The number of aromatic nitrogens is 2. The van der Waals surface area contributed by atoms with Gasteiger partial charge in [-0.15, -0.1) is 0 Å². The summed E-state index contributed by atoms with van der Waals surface area (Å²) < 4.78 is 6.74. The molecular weight excluding hydrogens is 232 g/mol. The molecule has 0 aliphatic heterocycles. The van der Waals surface area contributed by atoms with Gasteiger partial charge in [-0.25, -0.2) is 9.78 Å². The topological polar surface area (TPSA) is 64.3 Å². The van der Waals surface area contributed by atoms with Crippen LogP contribution in [-0.2, 0) is 11.3 Å². The molecule has 0 amide bonds. The second-order valence-electron chi connectivity index (χ2n) is 4.10. The number of carboxylic acid groups (broad SMARTS) is 1. The second kappa shape index (κ2) is 5.64. The fraction of sp³-hybridized carbons (Fsp3) is 0.385. The molecule has 0 aliphatic rings. The molecule has 2 aromatic rings. The SMILES string of the molecule is COCCCCn1c(C(=O)O)cc2cccnc21. The molecule has 0 radical (unpaired) electrons. The largest absolute Gasteiger partial charge is 0.477 e. The van der Waals surface area contributed by atoms with Crippen molar-refractivity contribution in [1.29, 1.82) is 0 Å². The Balaban J connectivity index is 2.27. The van der Waals surface area contributed by atoms with Crippen molar-refractivity contribution >= 4 is 17.0 Å². The number of aryl methyl sites for hydroxylation is 1. The monoisotopic (exact) mass is 248 g/mol. The van der Waals surface area contributed by atoms with Gasteiger partial charge in [0.15, 0.2) is 0 Å². The average molecular weight is 248 g/mol. The van der Waals surface area contributed by atoms with Crippen LogP contribution in [-0.4, -0.2) is 34.3 Å². The normalized spacial score (nSPS) is 10.9. The highest BCUT2D eigenvalue weighted by molar-refractivity contribution is 5.93. The summed E-state index contributed by atoms with van der Waals surface area (Å²) in [6, 6.07) is 5.35. The van der Waals surface area contributed by atoms with E-state index >= 15 is 0 Å². The summed E-state index contributed by atoms with van der Waals surface area (Å²) in [5, 5.41) is 10.1. The molecule has 0 fully saturated rings. The first-order valence-electron chi connectivity index (χ1n) is 5.90. The molecule has 2 aromatic heterocycles. The van der Waals surface area contributed by atoms with E-state index in [1.165, 1.54) is 0 Å². The van der Waals surface area contributed by atoms with E-state index in [0.717, 1.165) is 23.9 Å². The van der Waals surface area contributed by atoms with E-state index in [2.05, 4.69) is 4.98 Å². The van der Waals surface area contributed by atoms with Gasteiger partial charge in [0.2, 0.25) is 0 Å². The predicted molar refractivity (Wildman–Crippen MR) is 67.8 cm³/mol. The third kappa shape index (κ3) is 2.51. The molecule has 96 valence electrons. The molecule has 2 rings (SSSR count). The summed E-state index contributed by atoms with van der Waals surface area (Å²) in [4.78, 5) is 15.5. The Morgan fingerprint density at radius 3 is 3.06 bits per heavy atom.